The summed E-state index contributed by atoms with van der Waals surface area (Å²) in [6.07, 6.45) is 0.362. The van der Waals surface area contributed by atoms with Gasteiger partial charge in [-0.15, -0.1) is 47.5 Å². The first-order chi connectivity index (χ1) is 12.7. The number of carbonyl (C=O) groups excluding carboxylic acids is 1. The van der Waals surface area contributed by atoms with Crippen LogP contribution in [0.25, 0.3) is 9.88 Å². The lowest BCUT2D eigenvalue weighted by Gasteiger charge is -2.16. The van der Waals surface area contributed by atoms with Crippen molar-refractivity contribution in [3.8, 4) is 9.88 Å². The zero-order valence-electron chi connectivity index (χ0n) is 15.2. The molecule has 0 unspecified atom stereocenters. The van der Waals surface area contributed by atoms with Crippen LogP contribution in [0.2, 0.25) is 0 Å². The third kappa shape index (κ3) is 4.93. The van der Waals surface area contributed by atoms with Crippen molar-refractivity contribution in [1.29, 1.82) is 0 Å². The summed E-state index contributed by atoms with van der Waals surface area (Å²) < 4.78 is 0. The number of thiophene rings is 1. The molecule has 0 bridgehead atoms. The Morgan fingerprint density at radius 3 is 2.57 bits per heavy atom. The second kappa shape index (κ2) is 10.4. The van der Waals surface area contributed by atoms with Crippen LogP contribution in [0.3, 0.4) is 0 Å². The number of hydrogen-bond donors (Lipinski definition) is 1. The molecule has 3 heterocycles. The second-order valence-electron chi connectivity index (χ2n) is 6.61. The van der Waals surface area contributed by atoms with Gasteiger partial charge in [-0.3, -0.25) is 4.79 Å². The van der Waals surface area contributed by atoms with Gasteiger partial charge in [0.2, 0.25) is 5.91 Å². The van der Waals surface area contributed by atoms with Gasteiger partial charge in [0.15, 0.2) is 0 Å². The first kappa shape index (κ1) is 22.8. The van der Waals surface area contributed by atoms with Crippen LogP contribution in [0.4, 0.5) is 0 Å². The Bertz CT molecular complexity index is 871. The highest BCUT2D eigenvalue weighted by Gasteiger charge is 2.35. The van der Waals surface area contributed by atoms with E-state index in [2.05, 4.69) is 35.3 Å². The Morgan fingerprint density at radius 2 is 1.89 bits per heavy atom. The zero-order valence-corrected chi connectivity index (χ0v) is 18.5. The van der Waals surface area contributed by atoms with Crippen molar-refractivity contribution < 1.29 is 4.79 Å². The van der Waals surface area contributed by atoms with Gasteiger partial charge in [-0.1, -0.05) is 36.4 Å². The van der Waals surface area contributed by atoms with Gasteiger partial charge in [0.05, 0.1) is 17.0 Å². The number of hydrogen-bond acceptors (Lipinski definition) is 5. The molecule has 0 saturated carbocycles. The molecular formula is C20H23Cl2N3OS2. The van der Waals surface area contributed by atoms with Crippen molar-refractivity contribution >= 4 is 53.4 Å². The zero-order chi connectivity index (χ0) is 17.9. The fourth-order valence-corrected chi connectivity index (χ4v) is 5.19. The minimum Gasteiger partial charge on any atom is -0.341 e. The number of amides is 1. The molecule has 3 aromatic rings. The Kier molecular flexibility index (Phi) is 8.46. The SMILES string of the molecule is Cl.Cl.NC[C@@H]1CN(C(=O)Cc2csc(-c3cccs3)n2)C[C@H]1c1ccccc1. The lowest BCUT2D eigenvalue weighted by Crippen LogP contribution is -2.31. The average molecular weight is 456 g/mol. The Labute approximate surface area is 185 Å². The second-order valence-corrected chi connectivity index (χ2v) is 8.42. The molecule has 1 aliphatic rings. The van der Waals surface area contributed by atoms with Crippen LogP contribution >= 0.6 is 47.5 Å². The van der Waals surface area contributed by atoms with Gasteiger partial charge < -0.3 is 10.6 Å². The Hall–Kier alpha value is -1.44. The monoisotopic (exact) mass is 455 g/mol. The average Bonchev–Trinajstić information content (AvgIpc) is 3.41. The summed E-state index contributed by atoms with van der Waals surface area (Å²) >= 11 is 3.28. The first-order valence-electron chi connectivity index (χ1n) is 8.75. The molecule has 28 heavy (non-hydrogen) atoms. The van der Waals surface area contributed by atoms with Crippen molar-refractivity contribution in [1.82, 2.24) is 9.88 Å². The van der Waals surface area contributed by atoms with Crippen LogP contribution in [-0.4, -0.2) is 35.4 Å². The highest BCUT2D eigenvalue weighted by atomic mass is 35.5. The summed E-state index contributed by atoms with van der Waals surface area (Å²) in [7, 11) is 0. The summed E-state index contributed by atoms with van der Waals surface area (Å²) in [4.78, 5) is 20.6. The Balaban J connectivity index is 0.00000140. The molecule has 2 N–H and O–H groups in total. The Morgan fingerprint density at radius 1 is 1.11 bits per heavy atom. The molecule has 4 rings (SSSR count). The van der Waals surface area contributed by atoms with Gasteiger partial charge in [0.25, 0.3) is 0 Å². The van der Waals surface area contributed by atoms with Crippen LogP contribution < -0.4 is 5.73 Å². The van der Waals surface area contributed by atoms with E-state index >= 15 is 0 Å². The quantitative estimate of drug-likeness (QED) is 0.617. The lowest BCUT2D eigenvalue weighted by atomic mass is 9.89. The molecule has 1 aromatic carbocycles. The van der Waals surface area contributed by atoms with Crippen molar-refractivity contribution in [3.05, 3.63) is 64.5 Å². The number of thiazole rings is 1. The van der Waals surface area contributed by atoms with Crippen LogP contribution in [-0.2, 0) is 11.2 Å². The minimum absolute atomic E-state index is 0. The third-order valence-corrected chi connectivity index (χ3v) is 6.87. The van der Waals surface area contributed by atoms with Crippen LogP contribution in [0.15, 0.2) is 53.2 Å². The predicted octanol–water partition coefficient (Wildman–Crippen LogP) is 4.46. The van der Waals surface area contributed by atoms with Gasteiger partial charge in [-0.25, -0.2) is 4.98 Å². The highest BCUT2D eigenvalue weighted by Crippen LogP contribution is 2.33. The summed E-state index contributed by atoms with van der Waals surface area (Å²) in [6.45, 7) is 2.08. The summed E-state index contributed by atoms with van der Waals surface area (Å²) in [6, 6.07) is 14.5. The summed E-state index contributed by atoms with van der Waals surface area (Å²) in [5.74, 6) is 0.783. The van der Waals surface area contributed by atoms with Crippen LogP contribution in [0.5, 0.6) is 0 Å². The van der Waals surface area contributed by atoms with E-state index in [0.717, 1.165) is 28.7 Å². The highest BCUT2D eigenvalue weighted by molar-refractivity contribution is 7.20. The topological polar surface area (TPSA) is 59.2 Å². The number of likely N-dealkylation sites (tertiary alicyclic amines) is 1. The van der Waals surface area contributed by atoms with E-state index in [-0.39, 0.29) is 30.7 Å². The maximum atomic E-state index is 12.8. The molecule has 1 fully saturated rings. The molecule has 2 aromatic heterocycles. The van der Waals surface area contributed by atoms with Crippen molar-refractivity contribution in [2.75, 3.05) is 19.6 Å². The maximum Gasteiger partial charge on any atom is 0.228 e. The molecular weight excluding hydrogens is 433 g/mol. The smallest absolute Gasteiger partial charge is 0.228 e. The van der Waals surface area contributed by atoms with Gasteiger partial charge >= 0.3 is 0 Å². The van der Waals surface area contributed by atoms with Gasteiger partial charge in [0.1, 0.15) is 5.01 Å². The number of halogens is 2. The van der Waals surface area contributed by atoms with Crippen LogP contribution in [0, 0.1) is 5.92 Å². The van der Waals surface area contributed by atoms with Crippen molar-refractivity contribution in [2.24, 2.45) is 11.7 Å². The summed E-state index contributed by atoms with van der Waals surface area (Å²) in [5, 5.41) is 5.03. The third-order valence-electron chi connectivity index (χ3n) is 4.94. The number of rotatable bonds is 5. The number of nitrogens with zero attached hydrogens (tertiary/aromatic N) is 2. The van der Waals surface area contributed by atoms with Gasteiger partial charge in [-0.05, 0) is 29.5 Å². The van der Waals surface area contributed by atoms with Gasteiger partial charge in [-0.2, -0.15) is 0 Å². The predicted molar refractivity (Wildman–Crippen MR) is 122 cm³/mol. The molecule has 2 atom stereocenters. The lowest BCUT2D eigenvalue weighted by molar-refractivity contribution is -0.129. The standard InChI is InChI=1S/C20H21N3OS2.2ClH/c21-10-15-11-23(12-17(15)14-5-2-1-3-6-14)19(24)9-16-13-26-20(22-16)18-7-4-8-25-18;;/h1-8,13,15,17H,9-12,21H2;2*1H/t15-,17+;;/m1../s1. The number of carbonyl (C=O) groups is 1. The van der Waals surface area contributed by atoms with Crippen LogP contribution in [0.1, 0.15) is 17.2 Å². The maximum absolute atomic E-state index is 12.8. The molecule has 0 spiro atoms. The molecule has 1 amide bonds. The van der Waals surface area contributed by atoms with E-state index < -0.39 is 0 Å². The summed E-state index contributed by atoms with van der Waals surface area (Å²) in [5.41, 5.74) is 8.11. The van der Waals surface area contributed by atoms with E-state index in [4.69, 9.17) is 5.73 Å². The number of nitrogens with two attached hydrogens (primary N) is 1. The van der Waals surface area contributed by atoms with E-state index in [1.807, 2.05) is 27.8 Å². The van der Waals surface area contributed by atoms with E-state index in [1.54, 1.807) is 22.7 Å². The van der Waals surface area contributed by atoms with E-state index in [1.165, 1.54) is 5.56 Å². The van der Waals surface area contributed by atoms with Gasteiger partial charge in [0, 0.05) is 24.4 Å². The fraction of sp³-hybridized carbons (Fsp3) is 0.300. The largest absolute Gasteiger partial charge is 0.341 e. The fourth-order valence-electron chi connectivity index (χ4n) is 3.56. The van der Waals surface area contributed by atoms with Crippen molar-refractivity contribution in [2.45, 2.75) is 12.3 Å². The molecule has 0 radical (unpaired) electrons. The molecule has 1 aliphatic heterocycles. The molecule has 150 valence electrons. The number of aromatic nitrogens is 1. The first-order valence-corrected chi connectivity index (χ1v) is 10.5. The van der Waals surface area contributed by atoms with E-state index in [0.29, 0.717) is 24.8 Å². The minimum atomic E-state index is 0. The number of benzene rings is 1. The normalized spacial score (nSPS) is 18.4. The molecule has 1 saturated heterocycles. The molecule has 4 nitrogen and oxygen atoms in total. The van der Waals surface area contributed by atoms with E-state index in [9.17, 15) is 4.79 Å². The molecule has 0 aliphatic carbocycles. The van der Waals surface area contributed by atoms with Crippen molar-refractivity contribution in [3.63, 3.8) is 0 Å². The molecule has 8 heteroatoms.